The highest BCUT2D eigenvalue weighted by molar-refractivity contribution is 6.41. The van der Waals surface area contributed by atoms with Crippen molar-refractivity contribution >= 4 is 46.4 Å². The molecule has 13 heteroatoms. The van der Waals surface area contributed by atoms with E-state index in [-0.39, 0.29) is 6.08 Å². The zero-order chi connectivity index (χ0) is 16.1. The van der Waals surface area contributed by atoms with E-state index in [1.807, 2.05) is 0 Å². The summed E-state index contributed by atoms with van der Waals surface area (Å²) in [4.78, 5) is 12.6. The number of nitro groups is 2. The van der Waals surface area contributed by atoms with Crippen LogP contribution in [0, 0.1) is 20.2 Å². The number of nitrogens with zero attached hydrogens (tertiary/aromatic N) is 2. The average molecular weight is 378 g/mol. The minimum absolute atomic E-state index is 0.0615. The van der Waals surface area contributed by atoms with Gasteiger partial charge in [-0.3, -0.25) is 20.2 Å². The van der Waals surface area contributed by atoms with Crippen molar-refractivity contribution in [3.05, 3.63) is 31.9 Å². The molecule has 1 aliphatic carbocycles. The Bertz CT molecular complexity index is 501. The van der Waals surface area contributed by atoms with Gasteiger partial charge < -0.3 is 0 Å². The summed E-state index contributed by atoms with van der Waals surface area (Å²) < 4.78 is 38.3. The van der Waals surface area contributed by atoms with Crippen molar-refractivity contribution in [2.75, 3.05) is 0 Å². The first-order valence-electron chi connectivity index (χ1n) is 4.54. The Morgan fingerprint density at radius 3 is 1.90 bits per heavy atom. The van der Waals surface area contributed by atoms with Gasteiger partial charge in [0.25, 0.3) is 0 Å². The summed E-state index contributed by atoms with van der Waals surface area (Å²) in [5, 5.41) is 17.0. The lowest BCUT2D eigenvalue weighted by Crippen LogP contribution is -2.63. The summed E-state index contributed by atoms with van der Waals surface area (Å²) in [6, 6.07) is 0. The van der Waals surface area contributed by atoms with Gasteiger partial charge in [0.1, 0.15) is 0 Å². The monoisotopic (exact) mass is 376 g/mol. The van der Waals surface area contributed by atoms with Gasteiger partial charge in [0, 0.05) is 15.9 Å². The minimum Gasteiger partial charge on any atom is -0.263 e. The third-order valence-electron chi connectivity index (χ3n) is 2.58. The first-order valence-corrected chi connectivity index (χ1v) is 6.17. The van der Waals surface area contributed by atoms with Crippen LogP contribution in [0.2, 0.25) is 0 Å². The summed E-state index contributed by atoms with van der Waals surface area (Å²) in [5.74, 6) is 0. The Morgan fingerprint density at radius 1 is 1.15 bits per heavy atom. The molecule has 0 bridgehead atoms. The maximum Gasteiger partial charge on any atom is 0.414 e. The van der Waals surface area contributed by atoms with Crippen molar-refractivity contribution in [1.29, 1.82) is 0 Å². The Labute approximate surface area is 128 Å². The van der Waals surface area contributed by atoms with Crippen molar-refractivity contribution in [3.8, 4) is 0 Å². The van der Waals surface area contributed by atoms with Crippen LogP contribution >= 0.6 is 46.4 Å². The quantitative estimate of drug-likeness (QED) is 0.243. The van der Waals surface area contributed by atoms with Gasteiger partial charge in [-0.05, 0) is 23.2 Å². The maximum absolute atomic E-state index is 12.8. The van der Waals surface area contributed by atoms with Gasteiger partial charge in [0.15, 0.2) is 5.38 Å². The van der Waals surface area contributed by atoms with Gasteiger partial charge >= 0.3 is 16.2 Å². The number of alkyl halides is 7. The molecular formula is C7H3Cl4F3N2O4. The Balaban J connectivity index is 3.65. The van der Waals surface area contributed by atoms with E-state index in [2.05, 4.69) is 0 Å². The lowest BCUT2D eigenvalue weighted by molar-refractivity contribution is -0.575. The standard InChI is InChI=1S/C7H3Cl4F3N2O4/c8-3-2(7(12,13)14)1-5(10,15(17)18)4(9)6(3,11)16(19)20/h1,3-4H. The number of hydrogen-bond donors (Lipinski definition) is 0. The van der Waals surface area contributed by atoms with Gasteiger partial charge in [-0.2, -0.15) is 13.2 Å². The van der Waals surface area contributed by atoms with Gasteiger partial charge in [0.05, 0.1) is 5.57 Å². The molecule has 6 nitrogen and oxygen atoms in total. The molecule has 0 saturated heterocycles. The van der Waals surface area contributed by atoms with Crippen molar-refractivity contribution < 1.29 is 23.0 Å². The fourth-order valence-corrected chi connectivity index (χ4v) is 2.98. The van der Waals surface area contributed by atoms with Crippen molar-refractivity contribution in [1.82, 2.24) is 0 Å². The first-order chi connectivity index (χ1) is 8.79. The van der Waals surface area contributed by atoms with Crippen molar-refractivity contribution in [2.45, 2.75) is 26.9 Å². The minimum atomic E-state index is -5.20. The zero-order valence-electron chi connectivity index (χ0n) is 8.91. The highest BCUT2D eigenvalue weighted by Crippen LogP contribution is 2.52. The van der Waals surface area contributed by atoms with E-state index in [0.717, 1.165) is 0 Å². The Morgan fingerprint density at radius 2 is 1.60 bits per heavy atom. The van der Waals surface area contributed by atoms with Gasteiger partial charge in [-0.1, -0.05) is 0 Å². The molecule has 20 heavy (non-hydrogen) atoms. The number of rotatable bonds is 2. The highest BCUT2D eigenvalue weighted by atomic mass is 35.5. The average Bonchev–Trinajstić information content (AvgIpc) is 2.29. The molecule has 1 aliphatic rings. The van der Waals surface area contributed by atoms with E-state index in [4.69, 9.17) is 46.4 Å². The van der Waals surface area contributed by atoms with Crippen LogP contribution in [0.4, 0.5) is 13.2 Å². The van der Waals surface area contributed by atoms with Crippen LogP contribution in [-0.4, -0.2) is 36.8 Å². The summed E-state index contributed by atoms with van der Waals surface area (Å²) in [6.07, 6.45) is -5.26. The van der Waals surface area contributed by atoms with E-state index < -0.39 is 42.3 Å². The van der Waals surface area contributed by atoms with Crippen LogP contribution in [0.3, 0.4) is 0 Å². The predicted octanol–water partition coefficient (Wildman–Crippen LogP) is 3.13. The molecule has 0 saturated carbocycles. The lowest BCUT2D eigenvalue weighted by atomic mass is 9.89. The normalized spacial score (nSPS) is 38.2. The van der Waals surface area contributed by atoms with Crippen LogP contribution < -0.4 is 0 Å². The first kappa shape index (κ1) is 17.5. The van der Waals surface area contributed by atoms with Crippen LogP contribution in [0.25, 0.3) is 0 Å². The predicted molar refractivity (Wildman–Crippen MR) is 64.6 cm³/mol. The molecule has 0 N–H and O–H groups in total. The largest absolute Gasteiger partial charge is 0.414 e. The molecule has 0 aromatic carbocycles. The van der Waals surface area contributed by atoms with E-state index in [9.17, 15) is 33.4 Å². The Hall–Kier alpha value is -0.510. The smallest absolute Gasteiger partial charge is 0.263 e. The Kier molecular flexibility index (Phi) is 4.42. The van der Waals surface area contributed by atoms with Gasteiger partial charge in [-0.15, -0.1) is 23.2 Å². The lowest BCUT2D eigenvalue weighted by Gasteiger charge is -2.36. The second kappa shape index (κ2) is 5.04. The molecule has 0 fully saturated rings. The van der Waals surface area contributed by atoms with Crippen LogP contribution in [-0.2, 0) is 0 Å². The van der Waals surface area contributed by atoms with E-state index in [1.54, 1.807) is 0 Å². The molecule has 0 heterocycles. The SMILES string of the molecule is O=[N+]([O-])C1(Cl)C=C(C(F)(F)F)C(Cl)C(Cl)([N+](=O)[O-])C1Cl. The summed E-state index contributed by atoms with van der Waals surface area (Å²) in [5.41, 5.74) is -1.80. The molecule has 0 spiro atoms. The number of hydrogen-bond acceptors (Lipinski definition) is 4. The molecule has 0 amide bonds. The maximum atomic E-state index is 12.8. The van der Waals surface area contributed by atoms with E-state index in [1.165, 1.54) is 0 Å². The topological polar surface area (TPSA) is 86.3 Å². The van der Waals surface area contributed by atoms with Crippen molar-refractivity contribution in [3.63, 3.8) is 0 Å². The molecule has 4 unspecified atom stereocenters. The van der Waals surface area contributed by atoms with Crippen molar-refractivity contribution in [2.24, 2.45) is 0 Å². The second-order valence-electron chi connectivity index (χ2n) is 3.79. The van der Waals surface area contributed by atoms with Crippen LogP contribution in [0.15, 0.2) is 11.6 Å². The van der Waals surface area contributed by atoms with E-state index in [0.29, 0.717) is 0 Å². The summed E-state index contributed by atoms with van der Waals surface area (Å²) >= 11 is 21.7. The fraction of sp³-hybridized carbons (Fsp3) is 0.714. The molecule has 4 atom stereocenters. The van der Waals surface area contributed by atoms with Gasteiger partial charge in [-0.25, -0.2) is 0 Å². The fourth-order valence-electron chi connectivity index (χ4n) is 1.55. The zero-order valence-corrected chi connectivity index (χ0v) is 11.9. The molecule has 0 aliphatic heterocycles. The van der Waals surface area contributed by atoms with Crippen LogP contribution in [0.1, 0.15) is 0 Å². The molecular weight excluding hydrogens is 375 g/mol. The molecule has 0 aromatic heterocycles. The third kappa shape index (κ3) is 2.40. The van der Waals surface area contributed by atoms with E-state index >= 15 is 0 Å². The van der Waals surface area contributed by atoms with Crippen LogP contribution in [0.5, 0.6) is 0 Å². The molecule has 1 rings (SSSR count). The summed E-state index contributed by atoms with van der Waals surface area (Å²) in [6.45, 7) is 0. The summed E-state index contributed by atoms with van der Waals surface area (Å²) in [7, 11) is 0. The molecule has 0 aromatic rings. The number of halogens is 7. The third-order valence-corrected chi connectivity index (χ3v) is 5.19. The second-order valence-corrected chi connectivity index (χ2v) is 5.88. The highest BCUT2D eigenvalue weighted by Gasteiger charge is 2.73. The molecule has 0 radical (unpaired) electrons. The molecule has 114 valence electrons. The van der Waals surface area contributed by atoms with Gasteiger partial charge in [0.2, 0.25) is 5.38 Å².